The van der Waals surface area contributed by atoms with Gasteiger partial charge in [0.25, 0.3) is 0 Å². The molecule has 2 aromatic carbocycles. The van der Waals surface area contributed by atoms with Crippen molar-refractivity contribution in [3.8, 4) is 0 Å². The summed E-state index contributed by atoms with van der Waals surface area (Å²) in [5.74, 6) is -0.0958. The van der Waals surface area contributed by atoms with Gasteiger partial charge in [0, 0.05) is 10.6 Å². The second-order valence-electron chi connectivity index (χ2n) is 4.70. The van der Waals surface area contributed by atoms with Crippen LogP contribution >= 0.6 is 11.6 Å². The second kappa shape index (κ2) is 5.54. The SMILES string of the molecule is Cc1ccccc1C1=NC(=Cc2ccc(Cl)cc2)C(=O)O1. The van der Waals surface area contributed by atoms with Gasteiger partial charge < -0.3 is 4.74 Å². The Bertz CT molecular complexity index is 761. The zero-order valence-corrected chi connectivity index (χ0v) is 12.1. The topological polar surface area (TPSA) is 38.7 Å². The van der Waals surface area contributed by atoms with Crippen LogP contribution in [0.2, 0.25) is 5.02 Å². The molecular weight excluding hydrogens is 286 g/mol. The Hall–Kier alpha value is -2.39. The summed E-state index contributed by atoms with van der Waals surface area (Å²) in [6.07, 6.45) is 1.68. The molecule has 0 N–H and O–H groups in total. The second-order valence-corrected chi connectivity index (χ2v) is 5.14. The number of benzene rings is 2. The summed E-state index contributed by atoms with van der Waals surface area (Å²) in [4.78, 5) is 16.2. The molecule has 1 heterocycles. The molecule has 0 unspecified atom stereocenters. The highest BCUT2D eigenvalue weighted by Gasteiger charge is 2.24. The first-order valence-corrected chi connectivity index (χ1v) is 6.85. The zero-order chi connectivity index (χ0) is 14.8. The minimum Gasteiger partial charge on any atom is -0.402 e. The van der Waals surface area contributed by atoms with Crippen molar-refractivity contribution in [3.63, 3.8) is 0 Å². The lowest BCUT2D eigenvalue weighted by Gasteiger charge is -2.02. The van der Waals surface area contributed by atoms with Gasteiger partial charge in [-0.25, -0.2) is 9.79 Å². The highest BCUT2D eigenvalue weighted by molar-refractivity contribution is 6.30. The molecule has 2 aromatic rings. The largest absolute Gasteiger partial charge is 0.402 e. The van der Waals surface area contributed by atoms with Crippen LogP contribution in [0.4, 0.5) is 0 Å². The van der Waals surface area contributed by atoms with Gasteiger partial charge in [-0.05, 0) is 42.3 Å². The molecule has 21 heavy (non-hydrogen) atoms. The summed E-state index contributed by atoms with van der Waals surface area (Å²) in [6, 6.07) is 14.8. The van der Waals surface area contributed by atoms with Gasteiger partial charge in [0.05, 0.1) is 0 Å². The Balaban J connectivity index is 1.96. The summed E-state index contributed by atoms with van der Waals surface area (Å²) < 4.78 is 5.25. The number of cyclic esters (lactones) is 1. The predicted molar refractivity (Wildman–Crippen MR) is 83.2 cm³/mol. The third-order valence-corrected chi connectivity index (χ3v) is 3.42. The van der Waals surface area contributed by atoms with Crippen molar-refractivity contribution in [1.82, 2.24) is 0 Å². The van der Waals surface area contributed by atoms with Crippen molar-refractivity contribution < 1.29 is 9.53 Å². The average Bonchev–Trinajstić information content (AvgIpc) is 2.83. The monoisotopic (exact) mass is 297 g/mol. The standard InChI is InChI=1S/C17H12ClNO2/c1-11-4-2-3-5-14(11)16-19-15(17(20)21-16)10-12-6-8-13(18)9-7-12/h2-10H,1H3. The number of aliphatic imine (C=N–C) groups is 1. The Morgan fingerprint density at radius 1 is 1.10 bits per heavy atom. The number of halogens is 1. The summed E-state index contributed by atoms with van der Waals surface area (Å²) in [5.41, 5.74) is 2.97. The lowest BCUT2D eigenvalue weighted by Crippen LogP contribution is -2.06. The van der Waals surface area contributed by atoms with E-state index in [9.17, 15) is 4.79 Å². The molecule has 0 atom stereocenters. The van der Waals surface area contributed by atoms with Gasteiger partial charge >= 0.3 is 5.97 Å². The molecule has 3 rings (SSSR count). The van der Waals surface area contributed by atoms with Crippen LogP contribution in [0.15, 0.2) is 59.2 Å². The Kier molecular flexibility index (Phi) is 3.59. The highest BCUT2D eigenvalue weighted by Crippen LogP contribution is 2.21. The van der Waals surface area contributed by atoms with Crippen molar-refractivity contribution in [1.29, 1.82) is 0 Å². The molecule has 0 amide bonds. The molecule has 104 valence electrons. The Morgan fingerprint density at radius 3 is 2.52 bits per heavy atom. The van der Waals surface area contributed by atoms with Gasteiger partial charge in [0.15, 0.2) is 5.70 Å². The van der Waals surface area contributed by atoms with E-state index in [0.717, 1.165) is 16.7 Å². The third-order valence-electron chi connectivity index (χ3n) is 3.17. The maximum Gasteiger partial charge on any atom is 0.363 e. The van der Waals surface area contributed by atoms with Gasteiger partial charge in [-0.1, -0.05) is 41.9 Å². The summed E-state index contributed by atoms with van der Waals surface area (Å²) in [6.45, 7) is 1.95. The maximum absolute atomic E-state index is 11.9. The first-order valence-electron chi connectivity index (χ1n) is 6.47. The quantitative estimate of drug-likeness (QED) is 0.621. The van der Waals surface area contributed by atoms with Crippen molar-refractivity contribution in [2.24, 2.45) is 4.99 Å². The first-order chi connectivity index (χ1) is 10.1. The van der Waals surface area contributed by atoms with E-state index in [4.69, 9.17) is 16.3 Å². The lowest BCUT2D eigenvalue weighted by atomic mass is 10.1. The minimum atomic E-state index is -0.441. The molecule has 0 aliphatic carbocycles. The molecular formula is C17H12ClNO2. The number of rotatable bonds is 2. The normalized spacial score (nSPS) is 16.0. The summed E-state index contributed by atoms with van der Waals surface area (Å²) >= 11 is 5.84. The first kappa shape index (κ1) is 13.6. The van der Waals surface area contributed by atoms with E-state index < -0.39 is 5.97 Å². The molecule has 0 bridgehead atoms. The van der Waals surface area contributed by atoms with Gasteiger partial charge in [-0.15, -0.1) is 0 Å². The van der Waals surface area contributed by atoms with E-state index in [1.165, 1.54) is 0 Å². The lowest BCUT2D eigenvalue weighted by molar-refractivity contribution is -0.129. The van der Waals surface area contributed by atoms with Crippen LogP contribution in [0.25, 0.3) is 6.08 Å². The van der Waals surface area contributed by atoms with E-state index >= 15 is 0 Å². The van der Waals surface area contributed by atoms with Crippen LogP contribution in [0, 0.1) is 6.92 Å². The van der Waals surface area contributed by atoms with E-state index in [1.54, 1.807) is 18.2 Å². The van der Waals surface area contributed by atoms with Gasteiger partial charge in [0.1, 0.15) is 0 Å². The molecule has 1 aliphatic rings. The average molecular weight is 298 g/mol. The molecule has 0 saturated carbocycles. The predicted octanol–water partition coefficient (Wildman–Crippen LogP) is 3.99. The van der Waals surface area contributed by atoms with Crippen LogP contribution in [0.3, 0.4) is 0 Å². The van der Waals surface area contributed by atoms with Gasteiger partial charge in [-0.2, -0.15) is 0 Å². The van der Waals surface area contributed by atoms with Crippen molar-refractivity contribution in [2.75, 3.05) is 0 Å². The molecule has 4 heteroatoms. The van der Waals surface area contributed by atoms with Crippen LogP contribution in [0.1, 0.15) is 16.7 Å². The summed E-state index contributed by atoms with van der Waals surface area (Å²) in [5, 5.41) is 0.648. The molecule has 0 saturated heterocycles. The van der Waals surface area contributed by atoms with Crippen molar-refractivity contribution in [3.05, 3.63) is 75.9 Å². The molecule has 3 nitrogen and oxygen atoms in total. The maximum atomic E-state index is 11.9. The number of hydrogen-bond donors (Lipinski definition) is 0. The fraction of sp³-hybridized carbons (Fsp3) is 0.0588. The minimum absolute atomic E-state index is 0.288. The molecule has 0 aromatic heterocycles. The number of carbonyl (C=O) groups is 1. The van der Waals surface area contributed by atoms with Crippen LogP contribution in [-0.2, 0) is 9.53 Å². The number of aryl methyl sites for hydroxylation is 1. The third kappa shape index (κ3) is 2.88. The molecule has 0 spiro atoms. The smallest absolute Gasteiger partial charge is 0.363 e. The van der Waals surface area contributed by atoms with E-state index in [1.807, 2.05) is 43.3 Å². The van der Waals surface area contributed by atoms with Gasteiger partial charge in [0.2, 0.25) is 5.90 Å². The number of carbonyl (C=O) groups excluding carboxylic acids is 1. The van der Waals surface area contributed by atoms with Gasteiger partial charge in [-0.3, -0.25) is 0 Å². The highest BCUT2D eigenvalue weighted by atomic mass is 35.5. The number of ether oxygens (including phenoxy) is 1. The van der Waals surface area contributed by atoms with Crippen LogP contribution in [0.5, 0.6) is 0 Å². The van der Waals surface area contributed by atoms with E-state index in [0.29, 0.717) is 10.9 Å². The molecule has 0 radical (unpaired) electrons. The number of esters is 1. The van der Waals surface area contributed by atoms with Crippen molar-refractivity contribution in [2.45, 2.75) is 6.92 Å². The Labute approximate surface area is 127 Å². The van der Waals surface area contributed by atoms with E-state index in [-0.39, 0.29) is 5.70 Å². The molecule has 0 fully saturated rings. The molecule has 1 aliphatic heterocycles. The van der Waals surface area contributed by atoms with Crippen LogP contribution < -0.4 is 0 Å². The number of hydrogen-bond acceptors (Lipinski definition) is 3. The number of nitrogens with zero attached hydrogens (tertiary/aromatic N) is 1. The fourth-order valence-corrected chi connectivity index (χ4v) is 2.18. The fourth-order valence-electron chi connectivity index (χ4n) is 2.05. The van der Waals surface area contributed by atoms with Crippen molar-refractivity contribution >= 4 is 29.5 Å². The zero-order valence-electron chi connectivity index (χ0n) is 11.3. The Morgan fingerprint density at radius 2 is 1.81 bits per heavy atom. The summed E-state index contributed by atoms with van der Waals surface area (Å²) in [7, 11) is 0. The van der Waals surface area contributed by atoms with Crippen LogP contribution in [-0.4, -0.2) is 11.9 Å². The van der Waals surface area contributed by atoms with E-state index in [2.05, 4.69) is 4.99 Å².